The number of nitrogens with zero attached hydrogens (tertiary/aromatic N) is 2. The molecule has 6 nitrogen and oxygen atoms in total. The summed E-state index contributed by atoms with van der Waals surface area (Å²) in [5.41, 5.74) is 0.852. The van der Waals surface area contributed by atoms with Crippen molar-refractivity contribution >= 4 is 27.5 Å². The van der Waals surface area contributed by atoms with Gasteiger partial charge in [-0.05, 0) is 26.3 Å². The monoisotopic (exact) mass is 309 g/mol. The number of aromatic nitrogens is 2. The maximum absolute atomic E-state index is 12.4. The molecule has 2 heterocycles. The van der Waals surface area contributed by atoms with Crippen LogP contribution in [0.4, 0.5) is 0 Å². The molecule has 0 fully saturated rings. The predicted octanol–water partition coefficient (Wildman–Crippen LogP) is 0.962. The Balaban J connectivity index is 2.13. The zero-order valence-corrected chi connectivity index (χ0v) is 13.2. The molecule has 0 bridgehead atoms. The molecule has 0 spiro atoms. The van der Waals surface area contributed by atoms with E-state index >= 15 is 0 Å². The van der Waals surface area contributed by atoms with Gasteiger partial charge in [-0.3, -0.25) is 14.2 Å². The number of aryl methyl sites for hydroxylation is 3. The van der Waals surface area contributed by atoms with Crippen LogP contribution in [0.15, 0.2) is 11.1 Å². The fourth-order valence-corrected chi connectivity index (χ4v) is 2.99. The van der Waals surface area contributed by atoms with Crippen LogP contribution < -0.4 is 10.9 Å². The molecule has 0 aliphatic carbocycles. The number of carbonyl (C=O) groups excluding carboxylic acids is 1. The molecule has 1 unspecified atom stereocenters. The number of fused-ring (bicyclic) bond motifs is 1. The summed E-state index contributed by atoms with van der Waals surface area (Å²) in [6, 6.07) is 0. The van der Waals surface area contributed by atoms with Gasteiger partial charge < -0.3 is 10.4 Å². The minimum atomic E-state index is -0.578. The lowest BCUT2D eigenvalue weighted by atomic mass is 10.2. The van der Waals surface area contributed by atoms with Gasteiger partial charge in [0, 0.05) is 24.4 Å². The molecule has 0 radical (unpaired) electrons. The quantitative estimate of drug-likeness (QED) is 0.861. The molecule has 1 atom stereocenters. The first kappa shape index (κ1) is 15.7. The number of aliphatic hydroxyl groups excluding tert-OH is 1. The first-order valence-corrected chi connectivity index (χ1v) is 7.61. The number of thiophene rings is 1. The topological polar surface area (TPSA) is 84.2 Å². The van der Waals surface area contributed by atoms with E-state index in [1.54, 1.807) is 6.92 Å². The first-order valence-electron chi connectivity index (χ1n) is 6.80. The lowest BCUT2D eigenvalue weighted by molar-refractivity contribution is -0.121. The summed E-state index contributed by atoms with van der Waals surface area (Å²) in [5, 5.41) is 12.3. The summed E-state index contributed by atoms with van der Waals surface area (Å²) in [6.45, 7) is 5.98. The Morgan fingerprint density at radius 3 is 2.90 bits per heavy atom. The third-order valence-corrected chi connectivity index (χ3v) is 4.45. The maximum Gasteiger partial charge on any atom is 0.262 e. The molecule has 114 valence electrons. The smallest absolute Gasteiger partial charge is 0.262 e. The van der Waals surface area contributed by atoms with Crippen molar-refractivity contribution in [3.05, 3.63) is 27.1 Å². The standard InChI is InChI=1S/C14H19N3O3S/c1-8(18)6-15-11(19)4-5-17-7-16-13-12(14(17)20)9(2)10(3)21-13/h7-8,18H,4-6H2,1-3H3,(H,15,19). The lowest BCUT2D eigenvalue weighted by Crippen LogP contribution is -2.32. The first-order chi connectivity index (χ1) is 9.90. The van der Waals surface area contributed by atoms with Crippen molar-refractivity contribution in [2.24, 2.45) is 0 Å². The summed E-state index contributed by atoms with van der Waals surface area (Å²) in [4.78, 5) is 30.1. The van der Waals surface area contributed by atoms with E-state index < -0.39 is 6.10 Å². The van der Waals surface area contributed by atoms with Crippen LogP contribution in [0.3, 0.4) is 0 Å². The highest BCUT2D eigenvalue weighted by molar-refractivity contribution is 7.18. The second-order valence-corrected chi connectivity index (χ2v) is 6.31. The van der Waals surface area contributed by atoms with E-state index in [9.17, 15) is 9.59 Å². The average molecular weight is 309 g/mol. The van der Waals surface area contributed by atoms with E-state index in [2.05, 4.69) is 10.3 Å². The lowest BCUT2D eigenvalue weighted by Gasteiger charge is -2.08. The molecule has 1 amide bonds. The normalized spacial score (nSPS) is 12.6. The summed E-state index contributed by atoms with van der Waals surface area (Å²) < 4.78 is 1.46. The summed E-state index contributed by atoms with van der Waals surface area (Å²) in [7, 11) is 0. The van der Waals surface area contributed by atoms with Gasteiger partial charge >= 0.3 is 0 Å². The zero-order chi connectivity index (χ0) is 15.6. The summed E-state index contributed by atoms with van der Waals surface area (Å²) in [5.74, 6) is -0.193. The Kier molecular flexibility index (Phi) is 4.74. The van der Waals surface area contributed by atoms with Crippen molar-refractivity contribution < 1.29 is 9.90 Å². The van der Waals surface area contributed by atoms with Crippen molar-refractivity contribution in [2.45, 2.75) is 39.8 Å². The third kappa shape index (κ3) is 3.48. The summed E-state index contributed by atoms with van der Waals surface area (Å²) in [6.07, 6.45) is 1.09. The van der Waals surface area contributed by atoms with Crippen molar-refractivity contribution in [2.75, 3.05) is 6.54 Å². The SMILES string of the molecule is Cc1sc2ncn(CCC(=O)NCC(C)O)c(=O)c2c1C. The van der Waals surface area contributed by atoms with Gasteiger partial charge in [0.1, 0.15) is 4.83 Å². The third-order valence-electron chi connectivity index (χ3n) is 3.33. The molecular weight excluding hydrogens is 290 g/mol. The second kappa shape index (κ2) is 6.36. The van der Waals surface area contributed by atoms with Gasteiger partial charge in [-0.25, -0.2) is 4.98 Å². The number of hydrogen-bond acceptors (Lipinski definition) is 5. The van der Waals surface area contributed by atoms with E-state index in [0.29, 0.717) is 5.39 Å². The van der Waals surface area contributed by atoms with Gasteiger partial charge in [0.05, 0.1) is 17.8 Å². The number of nitrogens with one attached hydrogen (secondary N) is 1. The van der Waals surface area contributed by atoms with Gasteiger partial charge in [-0.1, -0.05) is 0 Å². The maximum atomic E-state index is 12.4. The van der Waals surface area contributed by atoms with Crippen LogP contribution in [-0.4, -0.2) is 33.2 Å². The van der Waals surface area contributed by atoms with Crippen molar-refractivity contribution in [1.82, 2.24) is 14.9 Å². The van der Waals surface area contributed by atoms with E-state index in [4.69, 9.17) is 5.11 Å². The highest BCUT2D eigenvalue weighted by atomic mass is 32.1. The molecule has 2 rings (SSSR count). The van der Waals surface area contributed by atoms with Crippen molar-refractivity contribution in [1.29, 1.82) is 0 Å². The Morgan fingerprint density at radius 1 is 1.52 bits per heavy atom. The van der Waals surface area contributed by atoms with Crippen LogP contribution in [0, 0.1) is 13.8 Å². The van der Waals surface area contributed by atoms with E-state index in [0.717, 1.165) is 15.3 Å². The van der Waals surface area contributed by atoms with Crippen molar-refractivity contribution in [3.63, 3.8) is 0 Å². The molecule has 7 heteroatoms. The molecule has 0 aromatic carbocycles. The number of rotatable bonds is 5. The molecular formula is C14H19N3O3S. The van der Waals surface area contributed by atoms with Gasteiger partial charge in [0.25, 0.3) is 5.56 Å². The van der Waals surface area contributed by atoms with Crippen molar-refractivity contribution in [3.8, 4) is 0 Å². The Labute approximate surface area is 126 Å². The highest BCUT2D eigenvalue weighted by Crippen LogP contribution is 2.25. The molecule has 2 N–H and O–H groups in total. The molecule has 21 heavy (non-hydrogen) atoms. The van der Waals surface area contributed by atoms with Gasteiger partial charge in [0.15, 0.2) is 0 Å². The van der Waals surface area contributed by atoms with Crippen LogP contribution in [0.2, 0.25) is 0 Å². The Hall–Kier alpha value is -1.73. The number of carbonyl (C=O) groups is 1. The molecule has 0 saturated heterocycles. The minimum Gasteiger partial charge on any atom is -0.392 e. The number of hydrogen-bond donors (Lipinski definition) is 2. The van der Waals surface area contributed by atoms with Gasteiger partial charge in [0.2, 0.25) is 5.91 Å². The number of amides is 1. The Bertz CT molecular complexity index is 718. The fraction of sp³-hybridized carbons (Fsp3) is 0.500. The van der Waals surface area contributed by atoms with Crippen LogP contribution >= 0.6 is 11.3 Å². The van der Waals surface area contributed by atoms with E-state index in [1.807, 2.05) is 13.8 Å². The largest absolute Gasteiger partial charge is 0.392 e. The molecule has 0 saturated carbocycles. The minimum absolute atomic E-state index is 0.106. The van der Waals surface area contributed by atoms with E-state index in [1.165, 1.54) is 22.2 Å². The molecule has 2 aromatic rings. The van der Waals surface area contributed by atoms with Crippen LogP contribution in [0.1, 0.15) is 23.8 Å². The molecule has 0 aliphatic heterocycles. The fourth-order valence-electron chi connectivity index (χ4n) is 2.00. The van der Waals surface area contributed by atoms with Gasteiger partial charge in [-0.15, -0.1) is 11.3 Å². The Morgan fingerprint density at radius 2 is 2.24 bits per heavy atom. The predicted molar refractivity (Wildman–Crippen MR) is 82.7 cm³/mol. The zero-order valence-electron chi connectivity index (χ0n) is 12.3. The highest BCUT2D eigenvalue weighted by Gasteiger charge is 2.12. The van der Waals surface area contributed by atoms with E-state index in [-0.39, 0.29) is 31.0 Å². The van der Waals surface area contributed by atoms with Crippen LogP contribution in [-0.2, 0) is 11.3 Å². The number of aliphatic hydroxyl groups is 1. The molecule has 0 aliphatic rings. The van der Waals surface area contributed by atoms with Crippen LogP contribution in [0.5, 0.6) is 0 Å². The van der Waals surface area contributed by atoms with Gasteiger partial charge in [-0.2, -0.15) is 0 Å². The second-order valence-electron chi connectivity index (χ2n) is 5.11. The molecule has 2 aromatic heterocycles. The average Bonchev–Trinajstić information content (AvgIpc) is 2.72. The summed E-state index contributed by atoms with van der Waals surface area (Å²) >= 11 is 1.51. The van der Waals surface area contributed by atoms with Crippen LogP contribution in [0.25, 0.3) is 10.2 Å².